The van der Waals surface area contributed by atoms with Crippen LogP contribution < -0.4 is 5.32 Å². The molecule has 1 amide bonds. The summed E-state index contributed by atoms with van der Waals surface area (Å²) in [6, 6.07) is 5.68. The van der Waals surface area contributed by atoms with Crippen LogP contribution in [-0.2, 0) is 4.79 Å². The molecule has 1 heterocycles. The third kappa shape index (κ3) is 3.05. The van der Waals surface area contributed by atoms with Crippen LogP contribution in [0.1, 0.15) is 28.5 Å². The summed E-state index contributed by atoms with van der Waals surface area (Å²) >= 11 is 0. The second kappa shape index (κ2) is 5.21. The minimum Gasteiger partial charge on any atom is -0.479 e. The Bertz CT molecular complexity index is 716. The molecule has 4 N–H and O–H groups in total. The SMILES string of the molecule is Cc1cc(C)c2cc(C(=O)NCC(C)(O)C(=O)O)[nH]c2c1. The second-order valence-electron chi connectivity index (χ2n) is 5.49. The molecule has 1 aromatic carbocycles. The minimum atomic E-state index is -1.99. The lowest BCUT2D eigenvalue weighted by molar-refractivity contribution is -0.155. The number of hydrogen-bond acceptors (Lipinski definition) is 3. The van der Waals surface area contributed by atoms with E-state index >= 15 is 0 Å². The molecule has 6 heteroatoms. The molecule has 0 saturated heterocycles. The summed E-state index contributed by atoms with van der Waals surface area (Å²) in [6.45, 7) is 4.69. The van der Waals surface area contributed by atoms with Gasteiger partial charge in [0.05, 0.1) is 6.54 Å². The number of carbonyl (C=O) groups is 2. The molecule has 2 aromatic rings. The first-order chi connectivity index (χ1) is 9.70. The Kier molecular flexibility index (Phi) is 3.74. The number of carboxylic acid groups (broad SMARTS) is 1. The minimum absolute atomic E-state index is 0.333. The number of benzene rings is 1. The van der Waals surface area contributed by atoms with Crippen molar-refractivity contribution in [1.82, 2.24) is 10.3 Å². The monoisotopic (exact) mass is 290 g/mol. The summed E-state index contributed by atoms with van der Waals surface area (Å²) in [6.07, 6.45) is 0. The molecular weight excluding hydrogens is 272 g/mol. The highest BCUT2D eigenvalue weighted by Gasteiger charge is 2.30. The molecule has 1 unspecified atom stereocenters. The maximum atomic E-state index is 12.0. The molecule has 2 rings (SSSR count). The number of hydrogen-bond donors (Lipinski definition) is 4. The van der Waals surface area contributed by atoms with E-state index in [0.29, 0.717) is 5.69 Å². The van der Waals surface area contributed by atoms with Gasteiger partial charge in [0.1, 0.15) is 5.69 Å². The number of nitrogens with one attached hydrogen (secondary N) is 2. The quantitative estimate of drug-likeness (QED) is 0.682. The predicted octanol–water partition coefficient (Wildman–Crippen LogP) is 1.35. The third-order valence-corrected chi connectivity index (χ3v) is 3.39. The number of aliphatic hydroxyl groups is 1. The molecule has 0 aliphatic carbocycles. The molecule has 21 heavy (non-hydrogen) atoms. The van der Waals surface area contributed by atoms with Crippen molar-refractivity contribution in [3.8, 4) is 0 Å². The van der Waals surface area contributed by atoms with E-state index in [4.69, 9.17) is 5.11 Å². The van der Waals surface area contributed by atoms with E-state index in [-0.39, 0.29) is 6.54 Å². The molecule has 0 aliphatic heterocycles. The summed E-state index contributed by atoms with van der Waals surface area (Å²) < 4.78 is 0. The van der Waals surface area contributed by atoms with Crippen LogP contribution in [0.3, 0.4) is 0 Å². The number of carbonyl (C=O) groups excluding carboxylic acids is 1. The second-order valence-corrected chi connectivity index (χ2v) is 5.49. The maximum absolute atomic E-state index is 12.0. The van der Waals surface area contributed by atoms with Crippen molar-refractivity contribution >= 4 is 22.8 Å². The van der Waals surface area contributed by atoms with Gasteiger partial charge >= 0.3 is 5.97 Å². The number of aromatic nitrogens is 1. The van der Waals surface area contributed by atoms with Gasteiger partial charge in [0, 0.05) is 10.9 Å². The molecule has 1 aromatic heterocycles. The number of aliphatic carboxylic acids is 1. The van der Waals surface area contributed by atoms with Gasteiger partial charge in [0.15, 0.2) is 5.60 Å². The summed E-state index contributed by atoms with van der Waals surface area (Å²) in [7, 11) is 0. The normalized spacial score (nSPS) is 13.9. The fraction of sp³-hybridized carbons (Fsp3) is 0.333. The van der Waals surface area contributed by atoms with Crippen LogP contribution in [0.5, 0.6) is 0 Å². The molecule has 1 atom stereocenters. The topological polar surface area (TPSA) is 102 Å². The van der Waals surface area contributed by atoms with Crippen LogP contribution in [0.2, 0.25) is 0 Å². The van der Waals surface area contributed by atoms with E-state index in [1.165, 1.54) is 0 Å². The smallest absolute Gasteiger partial charge is 0.337 e. The van der Waals surface area contributed by atoms with Gasteiger partial charge < -0.3 is 20.5 Å². The standard InChI is InChI=1S/C15H18N2O4/c1-8-4-9(2)10-6-12(17-11(10)5-8)13(18)16-7-15(3,21)14(19)20/h4-6,17,21H,7H2,1-3H3,(H,16,18)(H,19,20). The van der Waals surface area contributed by atoms with E-state index in [2.05, 4.69) is 10.3 Å². The van der Waals surface area contributed by atoms with Crippen molar-refractivity contribution in [2.45, 2.75) is 26.4 Å². The van der Waals surface area contributed by atoms with Gasteiger partial charge in [-0.25, -0.2) is 4.79 Å². The van der Waals surface area contributed by atoms with Crippen LogP contribution in [0.4, 0.5) is 0 Å². The van der Waals surface area contributed by atoms with E-state index < -0.39 is 17.5 Å². The Morgan fingerprint density at radius 3 is 2.57 bits per heavy atom. The fourth-order valence-corrected chi connectivity index (χ4v) is 2.14. The number of amides is 1. The molecule has 112 valence electrons. The zero-order valence-electron chi connectivity index (χ0n) is 12.2. The van der Waals surface area contributed by atoms with Gasteiger partial charge in [0.25, 0.3) is 5.91 Å². The number of aryl methyl sites for hydroxylation is 2. The highest BCUT2D eigenvalue weighted by molar-refractivity contribution is 5.99. The third-order valence-electron chi connectivity index (χ3n) is 3.39. The van der Waals surface area contributed by atoms with Crippen LogP contribution in [0.25, 0.3) is 10.9 Å². The van der Waals surface area contributed by atoms with Crippen LogP contribution in [-0.4, -0.2) is 39.2 Å². The van der Waals surface area contributed by atoms with Crippen molar-refractivity contribution in [3.63, 3.8) is 0 Å². The zero-order chi connectivity index (χ0) is 15.8. The van der Waals surface area contributed by atoms with Gasteiger partial charge in [-0.3, -0.25) is 4.79 Å². The van der Waals surface area contributed by atoms with Gasteiger partial charge in [-0.2, -0.15) is 0 Å². The first-order valence-corrected chi connectivity index (χ1v) is 6.54. The Hall–Kier alpha value is -2.34. The van der Waals surface area contributed by atoms with Crippen molar-refractivity contribution < 1.29 is 19.8 Å². The average molecular weight is 290 g/mol. The Morgan fingerprint density at radius 2 is 1.95 bits per heavy atom. The number of aromatic amines is 1. The highest BCUT2D eigenvalue weighted by atomic mass is 16.4. The lowest BCUT2D eigenvalue weighted by atomic mass is 10.1. The molecule has 0 spiro atoms. The number of rotatable bonds is 4. The Balaban J connectivity index is 2.21. The van der Waals surface area contributed by atoms with Gasteiger partial charge in [0.2, 0.25) is 0 Å². The first kappa shape index (κ1) is 15.1. The van der Waals surface area contributed by atoms with Crippen LogP contribution >= 0.6 is 0 Å². The number of fused-ring (bicyclic) bond motifs is 1. The molecule has 0 saturated carbocycles. The van der Waals surface area contributed by atoms with Gasteiger partial charge in [-0.05, 0) is 44.0 Å². The Labute approximate surface area is 121 Å². The van der Waals surface area contributed by atoms with E-state index in [1.54, 1.807) is 6.07 Å². The van der Waals surface area contributed by atoms with Crippen molar-refractivity contribution in [3.05, 3.63) is 35.0 Å². The highest BCUT2D eigenvalue weighted by Crippen LogP contribution is 2.21. The molecule has 0 fully saturated rings. The lowest BCUT2D eigenvalue weighted by Crippen LogP contribution is -2.46. The summed E-state index contributed by atoms with van der Waals surface area (Å²) in [5.41, 5.74) is 1.33. The Morgan fingerprint density at radius 1 is 1.29 bits per heavy atom. The fourth-order valence-electron chi connectivity index (χ4n) is 2.14. The van der Waals surface area contributed by atoms with Crippen molar-refractivity contribution in [2.24, 2.45) is 0 Å². The maximum Gasteiger partial charge on any atom is 0.337 e. The average Bonchev–Trinajstić information content (AvgIpc) is 2.80. The zero-order valence-corrected chi connectivity index (χ0v) is 12.2. The number of carboxylic acids is 1. The largest absolute Gasteiger partial charge is 0.479 e. The molecule has 0 radical (unpaired) electrons. The van der Waals surface area contributed by atoms with Gasteiger partial charge in [-0.15, -0.1) is 0 Å². The molecule has 6 nitrogen and oxygen atoms in total. The van der Waals surface area contributed by atoms with Crippen LogP contribution in [0, 0.1) is 13.8 Å². The summed E-state index contributed by atoms with van der Waals surface area (Å²) in [5, 5.41) is 21.7. The van der Waals surface area contributed by atoms with E-state index in [1.807, 2.05) is 26.0 Å². The lowest BCUT2D eigenvalue weighted by Gasteiger charge is -2.17. The van der Waals surface area contributed by atoms with E-state index in [9.17, 15) is 14.7 Å². The van der Waals surface area contributed by atoms with Crippen molar-refractivity contribution in [2.75, 3.05) is 6.54 Å². The predicted molar refractivity (Wildman–Crippen MR) is 78.4 cm³/mol. The van der Waals surface area contributed by atoms with Crippen LogP contribution in [0.15, 0.2) is 18.2 Å². The molecule has 0 bridgehead atoms. The molecular formula is C15H18N2O4. The van der Waals surface area contributed by atoms with E-state index in [0.717, 1.165) is 29.0 Å². The first-order valence-electron chi connectivity index (χ1n) is 6.54. The number of H-pyrrole nitrogens is 1. The van der Waals surface area contributed by atoms with Crippen molar-refractivity contribution in [1.29, 1.82) is 0 Å². The summed E-state index contributed by atoms with van der Waals surface area (Å²) in [4.78, 5) is 25.8. The molecule has 0 aliphatic rings. The summed E-state index contributed by atoms with van der Waals surface area (Å²) in [5.74, 6) is -1.84. The van der Waals surface area contributed by atoms with Gasteiger partial charge in [-0.1, -0.05) is 6.07 Å².